The van der Waals surface area contributed by atoms with Crippen molar-refractivity contribution in [3.63, 3.8) is 0 Å². The summed E-state index contributed by atoms with van der Waals surface area (Å²) >= 11 is 0. The van der Waals surface area contributed by atoms with Crippen LogP contribution in [0.25, 0.3) is 11.1 Å². The number of nitrogens with zero attached hydrogens (tertiary/aromatic N) is 1. The lowest BCUT2D eigenvalue weighted by molar-refractivity contribution is 0.622. The molecule has 1 aliphatic rings. The number of pyridine rings is 1. The molecule has 1 aromatic carbocycles. The Morgan fingerprint density at radius 2 is 2.06 bits per heavy atom. The Labute approximate surface area is 106 Å². The number of rotatable bonds is 4. The molecule has 0 saturated heterocycles. The van der Waals surface area contributed by atoms with Crippen LogP contribution in [0, 0.1) is 5.82 Å². The van der Waals surface area contributed by atoms with Gasteiger partial charge in [-0.1, -0.05) is 18.2 Å². The maximum absolute atomic E-state index is 13.1. The van der Waals surface area contributed by atoms with Crippen molar-refractivity contribution < 1.29 is 4.39 Å². The number of hydrogen-bond acceptors (Lipinski definition) is 2. The van der Waals surface area contributed by atoms with E-state index >= 15 is 0 Å². The van der Waals surface area contributed by atoms with Gasteiger partial charge in [0, 0.05) is 24.3 Å². The Bertz CT molecular complexity index is 550. The van der Waals surface area contributed by atoms with Crippen LogP contribution in [-0.4, -0.2) is 11.0 Å². The second-order valence-corrected chi connectivity index (χ2v) is 4.75. The van der Waals surface area contributed by atoms with Gasteiger partial charge in [0.05, 0.1) is 6.20 Å². The Morgan fingerprint density at radius 1 is 1.17 bits per heavy atom. The first-order chi connectivity index (χ1) is 8.81. The molecule has 3 heteroatoms. The summed E-state index contributed by atoms with van der Waals surface area (Å²) < 4.78 is 13.1. The number of benzene rings is 1. The molecule has 3 rings (SSSR count). The Hall–Kier alpha value is -1.74. The van der Waals surface area contributed by atoms with Crippen LogP contribution < -0.4 is 5.32 Å². The molecule has 0 atom stereocenters. The number of aromatic nitrogens is 1. The Balaban J connectivity index is 1.80. The molecule has 0 amide bonds. The molecular weight excluding hydrogens is 227 g/mol. The molecule has 92 valence electrons. The van der Waals surface area contributed by atoms with Gasteiger partial charge < -0.3 is 5.32 Å². The van der Waals surface area contributed by atoms with Gasteiger partial charge in [-0.05, 0) is 36.1 Å². The number of hydrogen-bond donors (Lipinski definition) is 1. The SMILES string of the molecule is Fc1cncc(-c2cccc(CNC3CC3)c2)c1. The molecule has 0 bridgehead atoms. The monoisotopic (exact) mass is 242 g/mol. The molecule has 0 unspecified atom stereocenters. The highest BCUT2D eigenvalue weighted by Crippen LogP contribution is 2.22. The fraction of sp³-hybridized carbons (Fsp3) is 0.267. The first-order valence-electron chi connectivity index (χ1n) is 6.24. The minimum atomic E-state index is -0.297. The zero-order valence-electron chi connectivity index (χ0n) is 10.1. The minimum Gasteiger partial charge on any atom is -0.310 e. The molecule has 2 aromatic rings. The van der Waals surface area contributed by atoms with Gasteiger partial charge in [0.15, 0.2) is 0 Å². The standard InChI is InChI=1S/C15H15FN2/c16-14-7-13(9-17-10-14)12-3-1-2-11(6-12)8-18-15-4-5-15/h1-3,6-7,9-10,15,18H,4-5,8H2. The molecule has 0 spiro atoms. The van der Waals surface area contributed by atoms with Crippen LogP contribution in [0.15, 0.2) is 42.7 Å². The summed E-state index contributed by atoms with van der Waals surface area (Å²) in [5.41, 5.74) is 3.06. The fourth-order valence-corrected chi connectivity index (χ4v) is 1.98. The normalized spacial score (nSPS) is 14.7. The highest BCUT2D eigenvalue weighted by Gasteiger charge is 2.19. The lowest BCUT2D eigenvalue weighted by Crippen LogP contribution is -2.15. The molecule has 1 aliphatic carbocycles. The Morgan fingerprint density at radius 3 is 2.83 bits per heavy atom. The lowest BCUT2D eigenvalue weighted by Gasteiger charge is -2.06. The average Bonchev–Trinajstić information content (AvgIpc) is 3.21. The maximum atomic E-state index is 13.1. The quantitative estimate of drug-likeness (QED) is 0.891. The predicted octanol–water partition coefficient (Wildman–Crippen LogP) is 3.14. The van der Waals surface area contributed by atoms with E-state index in [1.54, 1.807) is 6.20 Å². The summed E-state index contributed by atoms with van der Waals surface area (Å²) in [5.74, 6) is -0.297. The van der Waals surface area contributed by atoms with Crippen LogP contribution in [-0.2, 0) is 6.54 Å². The third kappa shape index (κ3) is 2.74. The van der Waals surface area contributed by atoms with Crippen molar-refractivity contribution in [2.24, 2.45) is 0 Å². The van der Waals surface area contributed by atoms with Gasteiger partial charge >= 0.3 is 0 Å². The van der Waals surface area contributed by atoms with Gasteiger partial charge in [-0.3, -0.25) is 4.98 Å². The van der Waals surface area contributed by atoms with Gasteiger partial charge in [-0.15, -0.1) is 0 Å². The second-order valence-electron chi connectivity index (χ2n) is 4.75. The fourth-order valence-electron chi connectivity index (χ4n) is 1.98. The van der Waals surface area contributed by atoms with Crippen molar-refractivity contribution >= 4 is 0 Å². The van der Waals surface area contributed by atoms with E-state index in [-0.39, 0.29) is 5.82 Å². The van der Waals surface area contributed by atoms with Crippen molar-refractivity contribution in [2.75, 3.05) is 0 Å². The molecule has 18 heavy (non-hydrogen) atoms. The number of nitrogens with one attached hydrogen (secondary N) is 1. The van der Waals surface area contributed by atoms with Crippen molar-refractivity contribution in [1.82, 2.24) is 10.3 Å². The maximum Gasteiger partial charge on any atom is 0.142 e. The van der Waals surface area contributed by atoms with Crippen molar-refractivity contribution in [3.05, 3.63) is 54.1 Å². The molecule has 1 fully saturated rings. The first kappa shape index (κ1) is 11.4. The van der Waals surface area contributed by atoms with E-state index in [2.05, 4.69) is 22.4 Å². The summed E-state index contributed by atoms with van der Waals surface area (Å²) in [5, 5.41) is 3.47. The van der Waals surface area contributed by atoms with Crippen LogP contribution in [0.2, 0.25) is 0 Å². The van der Waals surface area contributed by atoms with E-state index in [1.165, 1.54) is 30.7 Å². The third-order valence-electron chi connectivity index (χ3n) is 3.14. The zero-order chi connectivity index (χ0) is 12.4. The summed E-state index contributed by atoms with van der Waals surface area (Å²) in [6.07, 6.45) is 5.49. The molecule has 0 aliphatic heterocycles. The van der Waals surface area contributed by atoms with Crippen LogP contribution in [0.3, 0.4) is 0 Å². The van der Waals surface area contributed by atoms with E-state index in [0.29, 0.717) is 6.04 Å². The minimum absolute atomic E-state index is 0.297. The van der Waals surface area contributed by atoms with E-state index in [0.717, 1.165) is 17.7 Å². The Kier molecular flexibility index (Phi) is 3.07. The average molecular weight is 242 g/mol. The molecule has 2 nitrogen and oxygen atoms in total. The van der Waals surface area contributed by atoms with Crippen molar-refractivity contribution in [2.45, 2.75) is 25.4 Å². The lowest BCUT2D eigenvalue weighted by atomic mass is 10.0. The van der Waals surface area contributed by atoms with E-state index < -0.39 is 0 Å². The largest absolute Gasteiger partial charge is 0.310 e. The zero-order valence-corrected chi connectivity index (χ0v) is 10.1. The van der Waals surface area contributed by atoms with E-state index in [4.69, 9.17) is 0 Å². The molecular formula is C15H15FN2. The molecule has 0 radical (unpaired) electrons. The van der Waals surface area contributed by atoms with Gasteiger partial charge in [0.25, 0.3) is 0 Å². The van der Waals surface area contributed by atoms with Gasteiger partial charge in [-0.2, -0.15) is 0 Å². The highest BCUT2D eigenvalue weighted by atomic mass is 19.1. The molecule has 1 aromatic heterocycles. The van der Waals surface area contributed by atoms with Crippen molar-refractivity contribution in [3.8, 4) is 11.1 Å². The highest BCUT2D eigenvalue weighted by molar-refractivity contribution is 5.63. The van der Waals surface area contributed by atoms with Gasteiger partial charge in [0.2, 0.25) is 0 Å². The van der Waals surface area contributed by atoms with Gasteiger partial charge in [-0.25, -0.2) is 4.39 Å². The van der Waals surface area contributed by atoms with Crippen LogP contribution in [0.4, 0.5) is 4.39 Å². The summed E-state index contributed by atoms with van der Waals surface area (Å²) in [4.78, 5) is 3.88. The molecule has 1 heterocycles. The second kappa shape index (κ2) is 4.86. The van der Waals surface area contributed by atoms with Crippen LogP contribution >= 0.6 is 0 Å². The summed E-state index contributed by atoms with van der Waals surface area (Å²) in [6.45, 7) is 0.876. The van der Waals surface area contributed by atoms with Gasteiger partial charge in [0.1, 0.15) is 5.82 Å². The number of halogens is 1. The third-order valence-corrected chi connectivity index (χ3v) is 3.14. The summed E-state index contributed by atoms with van der Waals surface area (Å²) in [6, 6.07) is 10.4. The molecule has 1 N–H and O–H groups in total. The van der Waals surface area contributed by atoms with Crippen LogP contribution in [0.5, 0.6) is 0 Å². The first-order valence-corrected chi connectivity index (χ1v) is 6.24. The van der Waals surface area contributed by atoms with Crippen molar-refractivity contribution in [1.29, 1.82) is 0 Å². The van der Waals surface area contributed by atoms with E-state index in [9.17, 15) is 4.39 Å². The molecule has 1 saturated carbocycles. The van der Waals surface area contributed by atoms with Crippen LogP contribution in [0.1, 0.15) is 18.4 Å². The smallest absolute Gasteiger partial charge is 0.142 e. The summed E-state index contributed by atoms with van der Waals surface area (Å²) in [7, 11) is 0. The van der Waals surface area contributed by atoms with E-state index in [1.807, 2.05) is 12.1 Å². The topological polar surface area (TPSA) is 24.9 Å². The predicted molar refractivity (Wildman–Crippen MR) is 69.5 cm³/mol.